The molecule has 0 spiro atoms. The zero-order valence-electron chi connectivity index (χ0n) is 25.5. The average Bonchev–Trinajstić information content (AvgIpc) is 3.46. The van der Waals surface area contributed by atoms with Crippen LogP contribution in [0.1, 0.15) is 62.2 Å². The van der Waals surface area contributed by atoms with Crippen molar-refractivity contribution < 1.29 is 14.7 Å². The van der Waals surface area contributed by atoms with E-state index in [2.05, 4.69) is 54.7 Å². The lowest BCUT2D eigenvalue weighted by atomic mass is 9.84. The van der Waals surface area contributed by atoms with Gasteiger partial charge in [-0.15, -0.1) is 0 Å². The third-order valence-electron chi connectivity index (χ3n) is 8.30. The van der Waals surface area contributed by atoms with Crippen LogP contribution in [0.4, 0.5) is 23.1 Å². The Morgan fingerprint density at radius 3 is 2.63 bits per heavy atom. The molecule has 12 nitrogen and oxygen atoms in total. The van der Waals surface area contributed by atoms with E-state index < -0.39 is 11.4 Å². The monoisotopic (exact) mass is 585 g/mol. The molecule has 0 radical (unpaired) electrons. The zero-order valence-corrected chi connectivity index (χ0v) is 25.5. The second-order valence-electron chi connectivity index (χ2n) is 12.2. The molecule has 1 aliphatic rings. The van der Waals surface area contributed by atoms with Crippen molar-refractivity contribution in [1.82, 2.24) is 34.9 Å². The molecule has 0 saturated carbocycles. The number of carboxylic acids is 1. The summed E-state index contributed by atoms with van der Waals surface area (Å²) < 4.78 is 1.65. The highest BCUT2D eigenvalue weighted by Gasteiger charge is 2.31. The Kier molecular flexibility index (Phi) is 8.06. The van der Waals surface area contributed by atoms with Crippen LogP contribution in [-0.2, 0) is 17.3 Å². The minimum atomic E-state index is -1.04. The Labute approximate surface area is 250 Å². The van der Waals surface area contributed by atoms with Crippen molar-refractivity contribution in [2.45, 2.75) is 58.4 Å². The lowest BCUT2D eigenvalue weighted by Crippen LogP contribution is -2.43. The number of nitrogens with one attached hydrogen (secondary N) is 3. The number of aromatic nitrogens is 5. The molecule has 4 N–H and O–H groups in total. The van der Waals surface area contributed by atoms with E-state index in [1.807, 2.05) is 13.0 Å². The standard InChI is InChI=1S/C31H39N9O3/c1-19-24(15-20(17-33-19)27(41)32-12-14-40-13-8-11-30(40,2)3)36-25-23-18-34-29(37-26(23)39(6)38-25)35-22-10-7-9-21(16-22)31(4,5)28(42)43/h7,9-10,15-18H,8,11-14H2,1-6H3,(H,32,41)(H,36,38)(H,42,43)(H,34,35,37). The number of likely N-dealkylation sites (tertiary alicyclic amines) is 1. The Balaban J connectivity index is 1.30. The maximum Gasteiger partial charge on any atom is 0.313 e. The molecular weight excluding hydrogens is 546 g/mol. The normalized spacial score (nSPS) is 15.0. The number of aliphatic carboxylic acids is 1. The summed E-state index contributed by atoms with van der Waals surface area (Å²) in [7, 11) is 1.79. The van der Waals surface area contributed by atoms with Crippen LogP contribution in [-0.4, -0.2) is 71.8 Å². The topological polar surface area (TPSA) is 150 Å². The number of fused-ring (bicyclic) bond motifs is 1. The van der Waals surface area contributed by atoms with Crippen molar-refractivity contribution in [2.75, 3.05) is 30.3 Å². The van der Waals surface area contributed by atoms with Crippen molar-refractivity contribution >= 4 is 46.1 Å². The quantitative estimate of drug-likeness (QED) is 0.209. The minimum absolute atomic E-state index is 0.170. The number of benzene rings is 1. The molecular formula is C31H39N9O3. The number of hydrogen-bond donors (Lipinski definition) is 4. The van der Waals surface area contributed by atoms with Crippen molar-refractivity contribution in [3.63, 3.8) is 0 Å². The van der Waals surface area contributed by atoms with E-state index in [1.165, 1.54) is 12.8 Å². The van der Waals surface area contributed by atoms with Gasteiger partial charge in [0.05, 0.1) is 27.7 Å². The van der Waals surface area contributed by atoms with E-state index in [-0.39, 0.29) is 11.4 Å². The zero-order chi connectivity index (χ0) is 30.9. The van der Waals surface area contributed by atoms with Gasteiger partial charge in [0.15, 0.2) is 11.5 Å². The molecule has 1 aliphatic heterocycles. The minimum Gasteiger partial charge on any atom is -0.481 e. The molecule has 43 heavy (non-hydrogen) atoms. The lowest BCUT2D eigenvalue weighted by molar-refractivity contribution is -0.142. The van der Waals surface area contributed by atoms with Gasteiger partial charge in [-0.3, -0.25) is 19.5 Å². The van der Waals surface area contributed by atoms with E-state index in [0.717, 1.165) is 18.8 Å². The van der Waals surface area contributed by atoms with Gasteiger partial charge in [-0.1, -0.05) is 12.1 Å². The molecule has 1 aromatic carbocycles. The maximum atomic E-state index is 12.9. The van der Waals surface area contributed by atoms with Gasteiger partial charge in [-0.25, -0.2) is 9.67 Å². The van der Waals surface area contributed by atoms with Crippen LogP contribution in [0.2, 0.25) is 0 Å². The molecule has 3 aromatic heterocycles. The van der Waals surface area contributed by atoms with Crippen molar-refractivity contribution in [1.29, 1.82) is 0 Å². The summed E-state index contributed by atoms with van der Waals surface area (Å²) in [5.41, 5.74) is 2.90. The van der Waals surface area contributed by atoms with Crippen LogP contribution in [0.3, 0.4) is 0 Å². The number of nitrogens with zero attached hydrogens (tertiary/aromatic N) is 6. The second kappa shape index (κ2) is 11.6. The largest absolute Gasteiger partial charge is 0.481 e. The average molecular weight is 586 g/mol. The number of pyridine rings is 1. The number of rotatable bonds is 10. The fourth-order valence-electron chi connectivity index (χ4n) is 5.32. The first-order valence-electron chi connectivity index (χ1n) is 14.4. The predicted octanol–water partition coefficient (Wildman–Crippen LogP) is 4.52. The number of amides is 1. The number of anilines is 4. The van der Waals surface area contributed by atoms with E-state index >= 15 is 0 Å². The van der Waals surface area contributed by atoms with Crippen LogP contribution in [0.15, 0.2) is 42.7 Å². The molecule has 0 atom stereocenters. The number of carbonyl (C=O) groups is 2. The van der Waals surface area contributed by atoms with Gasteiger partial charge in [0.2, 0.25) is 5.95 Å². The molecule has 0 bridgehead atoms. The van der Waals surface area contributed by atoms with E-state index in [4.69, 9.17) is 0 Å². The number of aryl methyl sites for hydroxylation is 2. The van der Waals surface area contributed by atoms with Crippen LogP contribution in [0.25, 0.3) is 11.0 Å². The van der Waals surface area contributed by atoms with E-state index in [0.29, 0.717) is 51.8 Å². The highest BCUT2D eigenvalue weighted by molar-refractivity contribution is 5.96. The first-order valence-corrected chi connectivity index (χ1v) is 14.4. The third-order valence-corrected chi connectivity index (χ3v) is 8.30. The van der Waals surface area contributed by atoms with Gasteiger partial charge in [-0.05, 0) is 77.8 Å². The molecule has 0 unspecified atom stereocenters. The molecule has 226 valence electrons. The van der Waals surface area contributed by atoms with Crippen molar-refractivity contribution in [3.8, 4) is 0 Å². The highest BCUT2D eigenvalue weighted by atomic mass is 16.4. The van der Waals surface area contributed by atoms with Gasteiger partial charge in [-0.2, -0.15) is 10.1 Å². The van der Waals surface area contributed by atoms with E-state index in [9.17, 15) is 14.7 Å². The SMILES string of the molecule is Cc1ncc(C(=O)NCCN2CCCC2(C)C)cc1Nc1nn(C)c2nc(Nc3cccc(C(C)(C)C(=O)O)c3)ncc12. The Morgan fingerprint density at radius 1 is 1.12 bits per heavy atom. The molecule has 4 heterocycles. The first kappa shape index (κ1) is 29.9. The van der Waals surface area contributed by atoms with Gasteiger partial charge in [0.25, 0.3) is 5.91 Å². The lowest BCUT2D eigenvalue weighted by Gasteiger charge is -2.31. The fraction of sp³-hybridized carbons (Fsp3) is 0.419. The molecule has 4 aromatic rings. The van der Waals surface area contributed by atoms with Crippen LogP contribution in [0.5, 0.6) is 0 Å². The molecule has 1 fully saturated rings. The van der Waals surface area contributed by atoms with Crippen molar-refractivity contribution in [2.24, 2.45) is 7.05 Å². The van der Waals surface area contributed by atoms with Crippen LogP contribution >= 0.6 is 0 Å². The first-order chi connectivity index (χ1) is 20.3. The fourth-order valence-corrected chi connectivity index (χ4v) is 5.32. The highest BCUT2D eigenvalue weighted by Crippen LogP contribution is 2.30. The summed E-state index contributed by atoms with van der Waals surface area (Å²) >= 11 is 0. The number of hydrogen-bond acceptors (Lipinski definition) is 9. The second-order valence-corrected chi connectivity index (χ2v) is 12.2. The summed E-state index contributed by atoms with van der Waals surface area (Å²) in [4.78, 5) is 40.6. The molecule has 1 amide bonds. The smallest absolute Gasteiger partial charge is 0.313 e. The number of carbonyl (C=O) groups excluding carboxylic acids is 1. The Morgan fingerprint density at radius 2 is 1.91 bits per heavy atom. The summed E-state index contributed by atoms with van der Waals surface area (Å²) in [5.74, 6) is -0.196. The molecule has 1 saturated heterocycles. The van der Waals surface area contributed by atoms with Gasteiger partial charge < -0.3 is 21.1 Å². The summed E-state index contributed by atoms with van der Waals surface area (Å²) in [5, 5.41) is 24.4. The summed E-state index contributed by atoms with van der Waals surface area (Å²) in [6.45, 7) is 12.1. The van der Waals surface area contributed by atoms with Crippen molar-refractivity contribution in [3.05, 3.63) is 59.5 Å². The Hall–Kier alpha value is -4.58. The predicted molar refractivity (Wildman–Crippen MR) is 166 cm³/mol. The van der Waals surface area contributed by atoms with Gasteiger partial charge in [0, 0.05) is 43.8 Å². The maximum absolute atomic E-state index is 12.9. The number of carboxylic acid groups (broad SMARTS) is 1. The van der Waals surface area contributed by atoms with Crippen LogP contribution < -0.4 is 16.0 Å². The molecule has 12 heteroatoms. The Bertz CT molecular complexity index is 1680. The van der Waals surface area contributed by atoms with Gasteiger partial charge in [0.1, 0.15) is 0 Å². The summed E-state index contributed by atoms with van der Waals surface area (Å²) in [6.07, 6.45) is 5.61. The van der Waals surface area contributed by atoms with Crippen LogP contribution in [0, 0.1) is 6.92 Å². The molecule has 0 aliphatic carbocycles. The summed E-state index contributed by atoms with van der Waals surface area (Å²) in [6, 6.07) is 8.97. The third kappa shape index (κ3) is 6.29. The van der Waals surface area contributed by atoms with Gasteiger partial charge >= 0.3 is 5.97 Å². The molecule has 5 rings (SSSR count). The van der Waals surface area contributed by atoms with E-state index in [1.54, 1.807) is 62.2 Å².